The highest BCUT2D eigenvalue weighted by molar-refractivity contribution is 5.94. The second kappa shape index (κ2) is 10.1. The monoisotopic (exact) mass is 414 g/mol. The molecule has 0 bridgehead atoms. The topological polar surface area (TPSA) is 73.9 Å². The Hall–Kier alpha value is -3.13. The maximum Gasteiger partial charge on any atom is 0.321 e. The molecule has 0 radical (unpaired) electrons. The zero-order valence-corrected chi connectivity index (χ0v) is 17.2. The van der Waals surface area contributed by atoms with Crippen molar-refractivity contribution in [2.45, 2.75) is 19.9 Å². The average molecular weight is 414 g/mol. The highest BCUT2D eigenvalue weighted by Gasteiger charge is 2.27. The standard InChI is InChI=1S/C22H27FN4O3/c1-3-30-20-9-5-8-19(15-20)25-22(29)27-12-10-26(11-13-27)16(2)21(28)24-18-7-4-6-17(23)14-18/h4-9,14-16H,3,10-13H2,1-2H3,(H,24,28)(H,25,29). The molecule has 0 aliphatic carbocycles. The molecule has 1 aliphatic rings. The number of halogens is 1. The molecule has 1 heterocycles. The lowest BCUT2D eigenvalue weighted by molar-refractivity contribution is -0.121. The third-order valence-corrected chi connectivity index (χ3v) is 5.02. The number of hydrogen-bond acceptors (Lipinski definition) is 4. The maximum absolute atomic E-state index is 13.3. The summed E-state index contributed by atoms with van der Waals surface area (Å²) in [5.74, 6) is 0.108. The van der Waals surface area contributed by atoms with Gasteiger partial charge in [0.15, 0.2) is 0 Å². The number of ether oxygens (including phenoxy) is 1. The molecule has 1 atom stereocenters. The van der Waals surface area contributed by atoms with Crippen LogP contribution in [0.5, 0.6) is 5.75 Å². The third-order valence-electron chi connectivity index (χ3n) is 5.02. The molecular weight excluding hydrogens is 387 g/mol. The van der Waals surface area contributed by atoms with Crippen molar-refractivity contribution in [3.05, 3.63) is 54.3 Å². The molecule has 2 N–H and O–H groups in total. The van der Waals surface area contributed by atoms with Gasteiger partial charge >= 0.3 is 6.03 Å². The molecule has 0 spiro atoms. The van der Waals surface area contributed by atoms with Crippen LogP contribution in [0.2, 0.25) is 0 Å². The summed E-state index contributed by atoms with van der Waals surface area (Å²) >= 11 is 0. The lowest BCUT2D eigenvalue weighted by Crippen LogP contribution is -2.54. The summed E-state index contributed by atoms with van der Waals surface area (Å²) in [6.45, 7) is 6.44. The number of piperazine rings is 1. The van der Waals surface area contributed by atoms with E-state index >= 15 is 0 Å². The lowest BCUT2D eigenvalue weighted by atomic mass is 10.2. The van der Waals surface area contributed by atoms with Crippen molar-refractivity contribution < 1.29 is 18.7 Å². The van der Waals surface area contributed by atoms with Crippen molar-refractivity contribution in [1.29, 1.82) is 0 Å². The van der Waals surface area contributed by atoms with Crippen molar-refractivity contribution in [2.75, 3.05) is 43.4 Å². The summed E-state index contributed by atoms with van der Waals surface area (Å²) in [5.41, 5.74) is 1.11. The molecule has 0 aromatic heterocycles. The Morgan fingerprint density at radius 3 is 2.37 bits per heavy atom. The number of nitrogens with one attached hydrogen (secondary N) is 2. The Balaban J connectivity index is 1.49. The SMILES string of the molecule is CCOc1cccc(NC(=O)N2CCN(C(C)C(=O)Nc3cccc(F)c3)CC2)c1. The minimum absolute atomic E-state index is 0.180. The molecule has 1 saturated heterocycles. The molecule has 1 unspecified atom stereocenters. The van der Waals surface area contributed by atoms with Crippen LogP contribution in [0.1, 0.15) is 13.8 Å². The first-order valence-corrected chi connectivity index (χ1v) is 10.1. The van der Waals surface area contributed by atoms with Crippen LogP contribution in [0.4, 0.5) is 20.6 Å². The van der Waals surface area contributed by atoms with Crippen molar-refractivity contribution in [3.8, 4) is 5.75 Å². The Bertz CT molecular complexity index is 884. The normalized spacial score (nSPS) is 15.4. The summed E-state index contributed by atoms with van der Waals surface area (Å²) in [5, 5.41) is 5.63. The molecule has 0 saturated carbocycles. The summed E-state index contributed by atoms with van der Waals surface area (Å²) in [6, 6.07) is 12.5. The zero-order valence-electron chi connectivity index (χ0n) is 17.2. The van der Waals surface area contributed by atoms with Gasteiger partial charge in [-0.05, 0) is 44.2 Å². The molecule has 160 valence electrons. The van der Waals surface area contributed by atoms with Gasteiger partial charge in [-0.15, -0.1) is 0 Å². The molecule has 3 rings (SSSR count). The van der Waals surface area contributed by atoms with Gasteiger partial charge in [0.25, 0.3) is 0 Å². The minimum atomic E-state index is -0.396. The van der Waals surface area contributed by atoms with Gasteiger partial charge in [0.1, 0.15) is 11.6 Å². The molecule has 3 amide bonds. The van der Waals surface area contributed by atoms with E-state index in [1.54, 1.807) is 23.1 Å². The van der Waals surface area contributed by atoms with Crippen molar-refractivity contribution in [3.63, 3.8) is 0 Å². The van der Waals surface area contributed by atoms with Gasteiger partial charge in [-0.2, -0.15) is 0 Å². The first-order chi connectivity index (χ1) is 14.5. The van der Waals surface area contributed by atoms with Crippen molar-refractivity contribution >= 4 is 23.3 Å². The van der Waals surface area contributed by atoms with Gasteiger partial charge < -0.3 is 20.3 Å². The van der Waals surface area contributed by atoms with E-state index < -0.39 is 5.82 Å². The number of hydrogen-bond donors (Lipinski definition) is 2. The van der Waals surface area contributed by atoms with Gasteiger partial charge in [-0.3, -0.25) is 9.69 Å². The van der Waals surface area contributed by atoms with E-state index in [-0.39, 0.29) is 18.0 Å². The van der Waals surface area contributed by atoms with E-state index in [0.29, 0.717) is 49.9 Å². The average Bonchev–Trinajstić information content (AvgIpc) is 2.74. The summed E-state index contributed by atoms with van der Waals surface area (Å²) in [6.07, 6.45) is 0. The smallest absolute Gasteiger partial charge is 0.321 e. The van der Waals surface area contributed by atoms with Gasteiger partial charge in [-0.25, -0.2) is 9.18 Å². The number of rotatable bonds is 6. The zero-order chi connectivity index (χ0) is 21.5. The van der Waals surface area contributed by atoms with Crippen molar-refractivity contribution in [1.82, 2.24) is 9.80 Å². The second-order valence-corrected chi connectivity index (χ2v) is 7.09. The number of carbonyl (C=O) groups excluding carboxylic acids is 2. The number of amides is 3. The van der Waals surface area contributed by atoms with Gasteiger partial charge in [0.05, 0.1) is 12.6 Å². The van der Waals surface area contributed by atoms with Gasteiger partial charge in [-0.1, -0.05) is 12.1 Å². The number of anilines is 2. The molecule has 8 heteroatoms. The van der Waals surface area contributed by atoms with Gasteiger partial charge in [0.2, 0.25) is 5.91 Å². The quantitative estimate of drug-likeness (QED) is 0.760. The molecule has 30 heavy (non-hydrogen) atoms. The number of nitrogens with zero attached hydrogens (tertiary/aromatic N) is 2. The molecular formula is C22H27FN4O3. The van der Waals surface area contributed by atoms with E-state index in [0.717, 1.165) is 0 Å². The van der Waals surface area contributed by atoms with Crippen LogP contribution in [-0.4, -0.2) is 60.6 Å². The van der Waals surface area contributed by atoms with Crippen LogP contribution < -0.4 is 15.4 Å². The number of carbonyl (C=O) groups is 2. The number of benzene rings is 2. The molecule has 7 nitrogen and oxygen atoms in total. The first-order valence-electron chi connectivity index (χ1n) is 10.1. The van der Waals surface area contributed by atoms with E-state index in [1.807, 2.05) is 36.9 Å². The van der Waals surface area contributed by atoms with Gasteiger partial charge in [0, 0.05) is 43.6 Å². The Morgan fingerprint density at radius 2 is 1.70 bits per heavy atom. The van der Waals surface area contributed by atoms with Crippen LogP contribution in [0.25, 0.3) is 0 Å². The van der Waals surface area contributed by atoms with Crippen LogP contribution in [0.15, 0.2) is 48.5 Å². The van der Waals surface area contributed by atoms with Crippen molar-refractivity contribution in [2.24, 2.45) is 0 Å². The van der Waals surface area contributed by atoms with Crippen LogP contribution in [0, 0.1) is 5.82 Å². The second-order valence-electron chi connectivity index (χ2n) is 7.09. The minimum Gasteiger partial charge on any atom is -0.494 e. The summed E-state index contributed by atoms with van der Waals surface area (Å²) < 4.78 is 18.8. The van der Waals surface area contributed by atoms with E-state index in [4.69, 9.17) is 4.74 Å². The molecule has 2 aromatic carbocycles. The largest absolute Gasteiger partial charge is 0.494 e. The lowest BCUT2D eigenvalue weighted by Gasteiger charge is -2.37. The maximum atomic E-state index is 13.3. The Kier molecular flexibility index (Phi) is 7.24. The fourth-order valence-corrected chi connectivity index (χ4v) is 3.32. The Morgan fingerprint density at radius 1 is 1.03 bits per heavy atom. The summed E-state index contributed by atoms with van der Waals surface area (Å²) in [4.78, 5) is 28.8. The molecule has 1 aliphatic heterocycles. The third kappa shape index (κ3) is 5.70. The predicted molar refractivity (Wildman–Crippen MR) is 114 cm³/mol. The molecule has 1 fully saturated rings. The van der Waals surface area contributed by atoms with Crippen LogP contribution in [0.3, 0.4) is 0 Å². The molecule has 2 aromatic rings. The fourth-order valence-electron chi connectivity index (χ4n) is 3.32. The van der Waals surface area contributed by atoms with E-state index in [2.05, 4.69) is 10.6 Å². The highest BCUT2D eigenvalue weighted by Crippen LogP contribution is 2.18. The van der Waals surface area contributed by atoms with Crippen LogP contribution in [-0.2, 0) is 4.79 Å². The number of urea groups is 1. The van der Waals surface area contributed by atoms with E-state index in [1.165, 1.54) is 12.1 Å². The highest BCUT2D eigenvalue weighted by atomic mass is 19.1. The fraction of sp³-hybridized carbons (Fsp3) is 0.364. The van der Waals surface area contributed by atoms with Crippen LogP contribution >= 0.6 is 0 Å². The predicted octanol–water partition coefficient (Wildman–Crippen LogP) is 3.40. The van der Waals surface area contributed by atoms with E-state index in [9.17, 15) is 14.0 Å². The Labute approximate surface area is 175 Å². The summed E-state index contributed by atoms with van der Waals surface area (Å²) in [7, 11) is 0. The first kappa shape index (κ1) is 21.6.